The molecule has 0 bridgehead atoms. The number of methoxy groups -OCH3 is 1. The highest BCUT2D eigenvalue weighted by molar-refractivity contribution is 5.75. The van der Waals surface area contributed by atoms with Crippen molar-refractivity contribution in [2.24, 2.45) is 12.8 Å². The second kappa shape index (κ2) is 6.68. The van der Waals surface area contributed by atoms with Gasteiger partial charge in [-0.1, -0.05) is 18.2 Å². The number of carbonyl (C=O) groups is 1. The van der Waals surface area contributed by atoms with Crippen LogP contribution in [0.4, 0.5) is 0 Å². The van der Waals surface area contributed by atoms with Crippen LogP contribution in [0, 0.1) is 0 Å². The van der Waals surface area contributed by atoms with E-state index in [1.807, 2.05) is 18.2 Å². The van der Waals surface area contributed by atoms with Crippen LogP contribution in [0.15, 0.2) is 40.1 Å². The number of hydrogen-bond donors (Lipinski definition) is 1. The Hall–Kier alpha value is -2.67. The minimum atomic E-state index is -0.733. The third kappa shape index (κ3) is 3.02. The molecule has 0 amide bonds. The van der Waals surface area contributed by atoms with Gasteiger partial charge in [0.25, 0.3) is 5.56 Å². The molecule has 0 fully saturated rings. The Kier molecular flexibility index (Phi) is 4.59. The Morgan fingerprint density at radius 2 is 2.12 bits per heavy atom. The highest BCUT2D eigenvalue weighted by Gasteiger charge is 2.29. The van der Waals surface area contributed by atoms with E-state index in [1.54, 1.807) is 7.05 Å². The molecule has 132 valence electrons. The summed E-state index contributed by atoms with van der Waals surface area (Å²) < 4.78 is 7.39. The summed E-state index contributed by atoms with van der Waals surface area (Å²) in [5, 5.41) is 0. The summed E-state index contributed by atoms with van der Waals surface area (Å²) in [4.78, 5) is 36.3. The number of rotatable bonds is 4. The van der Waals surface area contributed by atoms with Gasteiger partial charge >= 0.3 is 11.7 Å². The summed E-state index contributed by atoms with van der Waals surface area (Å²) in [6, 6.07) is 6.10. The van der Waals surface area contributed by atoms with Gasteiger partial charge in [0.05, 0.1) is 13.2 Å². The largest absolute Gasteiger partial charge is 0.468 e. The molecule has 0 radical (unpaired) electrons. The van der Waals surface area contributed by atoms with Crippen LogP contribution in [0.5, 0.6) is 0 Å². The molecule has 25 heavy (non-hydrogen) atoms. The Morgan fingerprint density at radius 3 is 2.84 bits per heavy atom. The molecule has 1 heterocycles. The molecule has 0 saturated carbocycles. The maximum atomic E-state index is 12.4. The Balaban J connectivity index is 2.02. The van der Waals surface area contributed by atoms with E-state index in [9.17, 15) is 14.4 Å². The van der Waals surface area contributed by atoms with Crippen molar-refractivity contribution in [1.82, 2.24) is 9.13 Å². The van der Waals surface area contributed by atoms with E-state index >= 15 is 0 Å². The van der Waals surface area contributed by atoms with Gasteiger partial charge in [0.15, 0.2) is 0 Å². The molecular weight excluding hydrogens is 322 g/mol. The number of nitrogens with zero attached hydrogens (tertiary/aromatic N) is 2. The van der Waals surface area contributed by atoms with Crippen molar-refractivity contribution in [2.75, 3.05) is 7.11 Å². The molecule has 0 aliphatic heterocycles. The minimum Gasteiger partial charge on any atom is -0.468 e. The number of fused-ring (bicyclic) bond motifs is 1. The van der Waals surface area contributed by atoms with Gasteiger partial charge in [0, 0.05) is 19.3 Å². The van der Waals surface area contributed by atoms with Crippen molar-refractivity contribution in [3.8, 4) is 0 Å². The van der Waals surface area contributed by atoms with Crippen LogP contribution in [0.1, 0.15) is 29.2 Å². The van der Waals surface area contributed by atoms with E-state index in [0.717, 1.165) is 23.1 Å². The Labute approximate surface area is 144 Å². The lowest BCUT2D eigenvalue weighted by Crippen LogP contribution is -2.40. The van der Waals surface area contributed by atoms with Crippen molar-refractivity contribution in [1.29, 1.82) is 0 Å². The molecule has 1 aromatic heterocycles. The highest BCUT2D eigenvalue weighted by atomic mass is 16.5. The van der Waals surface area contributed by atoms with Gasteiger partial charge < -0.3 is 15.0 Å². The molecule has 3 rings (SSSR count). The Bertz CT molecular complexity index is 929. The summed E-state index contributed by atoms with van der Waals surface area (Å²) in [6.45, 7) is 0. The number of aromatic nitrogens is 2. The van der Waals surface area contributed by atoms with Gasteiger partial charge in [-0.2, -0.15) is 0 Å². The van der Waals surface area contributed by atoms with E-state index in [-0.39, 0.29) is 17.3 Å². The normalized spacial score (nSPS) is 17.2. The quantitative estimate of drug-likeness (QED) is 0.796. The van der Waals surface area contributed by atoms with Crippen LogP contribution < -0.4 is 17.0 Å². The summed E-state index contributed by atoms with van der Waals surface area (Å²) in [7, 11) is 2.94. The first-order valence-corrected chi connectivity index (χ1v) is 8.16. The van der Waals surface area contributed by atoms with Crippen molar-refractivity contribution < 1.29 is 9.53 Å². The molecule has 7 heteroatoms. The van der Waals surface area contributed by atoms with E-state index < -0.39 is 12.0 Å². The van der Waals surface area contributed by atoms with Crippen LogP contribution in [-0.4, -0.2) is 28.3 Å². The summed E-state index contributed by atoms with van der Waals surface area (Å²) in [5.41, 5.74) is 8.21. The minimum absolute atomic E-state index is 0.295. The molecule has 0 spiro atoms. The van der Waals surface area contributed by atoms with Crippen molar-refractivity contribution in [3.05, 3.63) is 68.0 Å². The first kappa shape index (κ1) is 17.2. The van der Waals surface area contributed by atoms with Gasteiger partial charge in [-0.3, -0.25) is 14.2 Å². The zero-order chi connectivity index (χ0) is 18.1. The lowest BCUT2D eigenvalue weighted by Gasteiger charge is -2.17. The molecule has 2 aromatic rings. The first-order valence-electron chi connectivity index (χ1n) is 8.16. The lowest BCUT2D eigenvalue weighted by atomic mass is 9.97. The Morgan fingerprint density at radius 1 is 1.36 bits per heavy atom. The average molecular weight is 343 g/mol. The smallest absolute Gasteiger partial charge is 0.331 e. The topological polar surface area (TPSA) is 96.3 Å². The van der Waals surface area contributed by atoms with Crippen molar-refractivity contribution in [3.63, 3.8) is 0 Å². The fourth-order valence-electron chi connectivity index (χ4n) is 3.51. The fourth-order valence-corrected chi connectivity index (χ4v) is 3.51. The van der Waals surface area contributed by atoms with Gasteiger partial charge in [-0.25, -0.2) is 4.79 Å². The van der Waals surface area contributed by atoms with Gasteiger partial charge in [-0.15, -0.1) is 0 Å². The van der Waals surface area contributed by atoms with Crippen LogP contribution in [0.3, 0.4) is 0 Å². The van der Waals surface area contributed by atoms with Crippen molar-refractivity contribution >= 4 is 5.97 Å². The van der Waals surface area contributed by atoms with Gasteiger partial charge in [-0.05, 0) is 36.0 Å². The van der Waals surface area contributed by atoms with E-state index in [4.69, 9.17) is 5.73 Å². The fraction of sp³-hybridized carbons (Fsp3) is 0.389. The van der Waals surface area contributed by atoms with Crippen LogP contribution in [-0.2, 0) is 29.4 Å². The number of aryl methyl sites for hydroxylation is 1. The molecule has 0 saturated heterocycles. The predicted octanol–water partition coefficient (Wildman–Crippen LogP) is 0.125. The average Bonchev–Trinajstić information content (AvgIpc) is 3.03. The molecule has 1 aliphatic rings. The SMILES string of the molecule is COC(=O)[C@@H](N)Cc1cccc2c1CCC2n1c(=O)ccn(C)c1=O. The number of carbonyl (C=O) groups excluding carboxylic acids is 1. The highest BCUT2D eigenvalue weighted by Crippen LogP contribution is 2.35. The van der Waals surface area contributed by atoms with E-state index in [1.165, 1.54) is 28.5 Å². The number of nitrogens with two attached hydrogens (primary N) is 1. The lowest BCUT2D eigenvalue weighted by molar-refractivity contribution is -0.142. The number of esters is 1. The third-order valence-electron chi connectivity index (χ3n) is 4.78. The maximum absolute atomic E-state index is 12.4. The summed E-state index contributed by atoms with van der Waals surface area (Å²) >= 11 is 0. The first-order chi connectivity index (χ1) is 11.9. The molecule has 1 aliphatic carbocycles. The molecule has 1 aromatic carbocycles. The zero-order valence-electron chi connectivity index (χ0n) is 14.3. The maximum Gasteiger partial charge on any atom is 0.331 e. The third-order valence-corrected chi connectivity index (χ3v) is 4.78. The number of benzene rings is 1. The molecule has 2 atom stereocenters. The van der Waals surface area contributed by atoms with Gasteiger partial charge in [0.2, 0.25) is 0 Å². The zero-order valence-corrected chi connectivity index (χ0v) is 14.3. The summed E-state index contributed by atoms with van der Waals surface area (Å²) in [5.74, 6) is -0.458. The van der Waals surface area contributed by atoms with Crippen LogP contribution in [0.25, 0.3) is 0 Å². The second-order valence-corrected chi connectivity index (χ2v) is 6.29. The molecule has 7 nitrogen and oxygen atoms in total. The standard InChI is InChI=1S/C18H21N3O4/c1-20-9-8-16(22)21(18(20)24)15-7-6-12-11(4-3-5-13(12)15)10-14(19)17(23)25-2/h3-5,8-9,14-15H,6-7,10,19H2,1-2H3/t14-,15?/m0/s1. The van der Waals surface area contributed by atoms with Crippen LogP contribution >= 0.6 is 0 Å². The van der Waals surface area contributed by atoms with E-state index in [0.29, 0.717) is 12.8 Å². The number of ether oxygens (including phenoxy) is 1. The predicted molar refractivity (Wildman–Crippen MR) is 92.5 cm³/mol. The second-order valence-electron chi connectivity index (χ2n) is 6.29. The monoisotopic (exact) mass is 343 g/mol. The molecule has 1 unspecified atom stereocenters. The molecular formula is C18H21N3O4. The van der Waals surface area contributed by atoms with Crippen LogP contribution in [0.2, 0.25) is 0 Å². The number of hydrogen-bond acceptors (Lipinski definition) is 5. The molecule has 2 N–H and O–H groups in total. The van der Waals surface area contributed by atoms with Gasteiger partial charge in [0.1, 0.15) is 6.04 Å². The summed E-state index contributed by atoms with van der Waals surface area (Å²) in [6.07, 6.45) is 3.24. The van der Waals surface area contributed by atoms with Crippen molar-refractivity contribution in [2.45, 2.75) is 31.3 Å². The van der Waals surface area contributed by atoms with E-state index in [2.05, 4.69) is 4.74 Å².